The number of fused-ring (bicyclic) bond motifs is 1. The lowest BCUT2D eigenvalue weighted by atomic mass is 10.1. The molecular formula is C22H25N3O4S. The zero-order valence-corrected chi connectivity index (χ0v) is 17.9. The molecule has 158 valence electrons. The Morgan fingerprint density at radius 3 is 2.87 bits per heavy atom. The van der Waals surface area contributed by atoms with Gasteiger partial charge in [-0.05, 0) is 49.9 Å². The molecule has 1 atom stereocenters. The van der Waals surface area contributed by atoms with Gasteiger partial charge < -0.3 is 15.0 Å². The van der Waals surface area contributed by atoms with Crippen LogP contribution in [0.15, 0.2) is 51.8 Å². The number of hydrogen-bond donors (Lipinski definition) is 1. The predicted molar refractivity (Wildman–Crippen MR) is 114 cm³/mol. The van der Waals surface area contributed by atoms with E-state index in [0.29, 0.717) is 37.3 Å². The van der Waals surface area contributed by atoms with Gasteiger partial charge in [0.25, 0.3) is 10.0 Å². The van der Waals surface area contributed by atoms with Gasteiger partial charge in [0.1, 0.15) is 16.7 Å². The summed E-state index contributed by atoms with van der Waals surface area (Å²) in [5.41, 5.74) is 2.75. The Labute approximate surface area is 176 Å². The number of carbonyl (C=O) groups excluding carboxylic acids is 1. The molecule has 0 bridgehead atoms. The number of ether oxygens (including phenoxy) is 1. The summed E-state index contributed by atoms with van der Waals surface area (Å²) in [6, 6.07) is 12.3. The molecule has 8 heteroatoms. The third-order valence-corrected chi connectivity index (χ3v) is 6.89. The van der Waals surface area contributed by atoms with Crippen LogP contribution in [0.4, 0.5) is 0 Å². The van der Waals surface area contributed by atoms with E-state index in [9.17, 15) is 13.2 Å². The molecule has 2 aliphatic heterocycles. The highest BCUT2D eigenvalue weighted by Gasteiger charge is 2.39. The molecule has 30 heavy (non-hydrogen) atoms. The van der Waals surface area contributed by atoms with E-state index < -0.39 is 16.1 Å². The highest BCUT2D eigenvalue weighted by atomic mass is 32.2. The summed E-state index contributed by atoms with van der Waals surface area (Å²) in [5.74, 6) is 1.08. The van der Waals surface area contributed by atoms with Crippen molar-refractivity contribution in [3.63, 3.8) is 0 Å². The lowest BCUT2D eigenvalue weighted by Gasteiger charge is -2.25. The van der Waals surface area contributed by atoms with Gasteiger partial charge in [-0.25, -0.2) is 0 Å². The molecule has 1 saturated heterocycles. The fraction of sp³-hybridized carbons (Fsp3) is 0.364. The molecule has 1 N–H and O–H groups in total. The summed E-state index contributed by atoms with van der Waals surface area (Å²) in [6.45, 7) is 3.10. The molecule has 0 radical (unpaired) electrons. The van der Waals surface area contributed by atoms with E-state index in [1.807, 2.05) is 24.0 Å². The Morgan fingerprint density at radius 1 is 1.27 bits per heavy atom. The third-order valence-electron chi connectivity index (χ3n) is 5.57. The molecule has 0 aliphatic carbocycles. The lowest BCUT2D eigenvalue weighted by molar-refractivity contribution is -0.124. The van der Waals surface area contributed by atoms with E-state index in [2.05, 4.69) is 15.8 Å². The normalized spacial score (nSPS) is 19.3. The molecule has 2 heterocycles. The van der Waals surface area contributed by atoms with E-state index in [0.717, 1.165) is 23.3 Å². The van der Waals surface area contributed by atoms with Crippen LogP contribution in [0.2, 0.25) is 0 Å². The van der Waals surface area contributed by atoms with Crippen LogP contribution in [0.1, 0.15) is 29.5 Å². The second kappa shape index (κ2) is 8.10. The van der Waals surface area contributed by atoms with Gasteiger partial charge in [0.05, 0.1) is 7.11 Å². The number of methoxy groups -OCH3 is 1. The standard InChI is InChI=1S/C22H25N3O4S/c1-15-9-10-19(29-2)16(14-15)11-12-23-22(26)18-7-5-13-25(18)21-17-6-3-4-8-20(17)30(27,28)24-21/h3-4,6,8-10,14,18H,5,7,11-13H2,1-2H3,(H,23,26)/t18-/m0/s1. The zero-order valence-electron chi connectivity index (χ0n) is 17.1. The van der Waals surface area contributed by atoms with Crippen LogP contribution in [0.3, 0.4) is 0 Å². The summed E-state index contributed by atoms with van der Waals surface area (Å²) < 4.78 is 34.2. The van der Waals surface area contributed by atoms with Crippen LogP contribution in [0.5, 0.6) is 5.75 Å². The minimum Gasteiger partial charge on any atom is -0.496 e. The Balaban J connectivity index is 1.46. The number of carbonyl (C=O) groups is 1. The molecule has 7 nitrogen and oxygen atoms in total. The van der Waals surface area contributed by atoms with Crippen molar-refractivity contribution in [1.29, 1.82) is 0 Å². The van der Waals surface area contributed by atoms with Crippen molar-refractivity contribution in [3.8, 4) is 5.75 Å². The van der Waals surface area contributed by atoms with Gasteiger partial charge in [-0.1, -0.05) is 29.8 Å². The van der Waals surface area contributed by atoms with Crippen LogP contribution < -0.4 is 10.1 Å². The minimum atomic E-state index is -3.71. The molecule has 0 aromatic heterocycles. The maximum absolute atomic E-state index is 12.9. The third kappa shape index (κ3) is 3.79. The number of sulfonamides is 1. The van der Waals surface area contributed by atoms with Crippen LogP contribution >= 0.6 is 0 Å². The monoisotopic (exact) mass is 427 g/mol. The van der Waals surface area contributed by atoms with Crippen molar-refractivity contribution in [2.45, 2.75) is 37.1 Å². The van der Waals surface area contributed by atoms with Gasteiger partial charge in [-0.15, -0.1) is 4.40 Å². The molecule has 2 aromatic carbocycles. The Bertz CT molecular complexity index is 1110. The summed E-state index contributed by atoms with van der Waals surface area (Å²) >= 11 is 0. The van der Waals surface area contributed by atoms with Crippen molar-refractivity contribution >= 4 is 21.8 Å². The molecule has 0 unspecified atom stereocenters. The molecule has 4 rings (SSSR count). The van der Waals surface area contributed by atoms with Crippen molar-refractivity contribution in [1.82, 2.24) is 10.2 Å². The van der Waals surface area contributed by atoms with E-state index in [1.54, 1.807) is 31.4 Å². The quantitative estimate of drug-likeness (QED) is 0.791. The number of benzene rings is 2. The molecule has 2 aliphatic rings. The first-order valence-corrected chi connectivity index (χ1v) is 11.5. The summed E-state index contributed by atoms with van der Waals surface area (Å²) in [5, 5.41) is 3.00. The molecular weight excluding hydrogens is 402 g/mol. The number of nitrogens with zero attached hydrogens (tertiary/aromatic N) is 2. The first-order chi connectivity index (χ1) is 14.4. The van der Waals surface area contributed by atoms with Gasteiger partial charge in [-0.3, -0.25) is 4.79 Å². The zero-order chi connectivity index (χ0) is 21.3. The Hall–Kier alpha value is -2.87. The predicted octanol–water partition coefficient (Wildman–Crippen LogP) is 2.28. The second-order valence-electron chi connectivity index (χ2n) is 7.59. The van der Waals surface area contributed by atoms with Crippen molar-refractivity contribution in [3.05, 3.63) is 59.2 Å². The van der Waals surface area contributed by atoms with E-state index in [1.165, 1.54) is 0 Å². The molecule has 2 aromatic rings. The average Bonchev–Trinajstić information content (AvgIpc) is 3.31. The first kappa shape index (κ1) is 20.4. The second-order valence-corrected chi connectivity index (χ2v) is 9.17. The molecule has 1 amide bonds. The largest absolute Gasteiger partial charge is 0.496 e. The fourth-order valence-corrected chi connectivity index (χ4v) is 5.35. The van der Waals surface area contributed by atoms with Crippen molar-refractivity contribution in [2.24, 2.45) is 4.40 Å². The van der Waals surface area contributed by atoms with Gasteiger partial charge in [0, 0.05) is 18.7 Å². The number of nitrogens with one attached hydrogen (secondary N) is 1. The Morgan fingerprint density at radius 2 is 2.07 bits per heavy atom. The molecule has 0 saturated carbocycles. The first-order valence-electron chi connectivity index (χ1n) is 10.0. The topological polar surface area (TPSA) is 88.1 Å². The number of aryl methyl sites for hydroxylation is 1. The maximum Gasteiger partial charge on any atom is 0.285 e. The SMILES string of the molecule is COc1ccc(C)cc1CCNC(=O)[C@@H]1CCCN1C1=NS(=O)(=O)c2ccccc21. The fourth-order valence-electron chi connectivity index (χ4n) is 4.13. The van der Waals surface area contributed by atoms with Gasteiger partial charge in [0.2, 0.25) is 5.91 Å². The number of rotatable bonds is 5. The van der Waals surface area contributed by atoms with Crippen LogP contribution in [-0.4, -0.2) is 51.3 Å². The molecule has 0 spiro atoms. The van der Waals surface area contributed by atoms with E-state index in [4.69, 9.17) is 4.74 Å². The van der Waals surface area contributed by atoms with Gasteiger partial charge >= 0.3 is 0 Å². The Kier molecular flexibility index (Phi) is 5.51. The van der Waals surface area contributed by atoms with Crippen molar-refractivity contribution in [2.75, 3.05) is 20.2 Å². The smallest absolute Gasteiger partial charge is 0.285 e. The highest BCUT2D eigenvalue weighted by Crippen LogP contribution is 2.31. The number of hydrogen-bond acceptors (Lipinski definition) is 5. The lowest BCUT2D eigenvalue weighted by Crippen LogP contribution is -2.46. The van der Waals surface area contributed by atoms with Crippen LogP contribution in [0.25, 0.3) is 0 Å². The number of amidine groups is 1. The highest BCUT2D eigenvalue weighted by molar-refractivity contribution is 7.90. The summed E-state index contributed by atoms with van der Waals surface area (Å²) in [7, 11) is -2.07. The summed E-state index contributed by atoms with van der Waals surface area (Å²) in [6.07, 6.45) is 2.13. The maximum atomic E-state index is 12.9. The number of amides is 1. The average molecular weight is 428 g/mol. The molecule has 1 fully saturated rings. The van der Waals surface area contributed by atoms with Gasteiger partial charge in [0.15, 0.2) is 5.84 Å². The number of likely N-dealkylation sites (tertiary alicyclic amines) is 1. The van der Waals surface area contributed by atoms with Crippen LogP contribution in [0, 0.1) is 6.92 Å². The minimum absolute atomic E-state index is 0.108. The van der Waals surface area contributed by atoms with E-state index in [-0.39, 0.29) is 10.8 Å². The van der Waals surface area contributed by atoms with Crippen LogP contribution in [-0.2, 0) is 21.2 Å². The van der Waals surface area contributed by atoms with Gasteiger partial charge in [-0.2, -0.15) is 8.42 Å². The summed E-state index contributed by atoms with van der Waals surface area (Å²) in [4.78, 5) is 14.9. The van der Waals surface area contributed by atoms with E-state index >= 15 is 0 Å². The van der Waals surface area contributed by atoms with Crippen molar-refractivity contribution < 1.29 is 17.9 Å².